The number of nitrogens with zero attached hydrogens (tertiary/aromatic N) is 4. The van der Waals surface area contributed by atoms with Gasteiger partial charge >= 0.3 is 5.69 Å². The highest BCUT2D eigenvalue weighted by molar-refractivity contribution is 5.70. The zero-order chi connectivity index (χ0) is 16.6. The standard InChI is InChI=1S/C17H20N4O2/c1-4-12(2)21-15-14(16(22)19(3)17(21)23)20(11-18-15)10-13-8-6-5-7-9-13/h5-9,11-12H,4,10H2,1-3H3. The van der Waals surface area contributed by atoms with Gasteiger partial charge in [0.2, 0.25) is 0 Å². The van der Waals surface area contributed by atoms with Crippen LogP contribution in [0.2, 0.25) is 0 Å². The summed E-state index contributed by atoms with van der Waals surface area (Å²) in [6, 6.07) is 9.86. The molecule has 23 heavy (non-hydrogen) atoms. The highest BCUT2D eigenvalue weighted by atomic mass is 16.2. The molecule has 120 valence electrons. The van der Waals surface area contributed by atoms with Crippen LogP contribution < -0.4 is 11.2 Å². The van der Waals surface area contributed by atoms with E-state index in [0.717, 1.165) is 16.6 Å². The number of imidazole rings is 1. The summed E-state index contributed by atoms with van der Waals surface area (Å²) in [6.07, 6.45) is 2.43. The molecule has 3 aromatic rings. The number of benzene rings is 1. The lowest BCUT2D eigenvalue weighted by Gasteiger charge is -2.15. The van der Waals surface area contributed by atoms with E-state index in [4.69, 9.17) is 0 Å². The van der Waals surface area contributed by atoms with E-state index in [2.05, 4.69) is 4.98 Å². The Balaban J connectivity index is 2.26. The molecule has 1 atom stereocenters. The largest absolute Gasteiger partial charge is 0.332 e. The lowest BCUT2D eigenvalue weighted by atomic mass is 10.2. The first-order valence-electron chi connectivity index (χ1n) is 7.74. The maximum absolute atomic E-state index is 12.6. The highest BCUT2D eigenvalue weighted by Crippen LogP contribution is 2.15. The van der Waals surface area contributed by atoms with E-state index < -0.39 is 0 Å². The third-order valence-electron chi connectivity index (χ3n) is 4.27. The van der Waals surface area contributed by atoms with Gasteiger partial charge in [0.05, 0.1) is 6.33 Å². The predicted octanol–water partition coefficient (Wildman–Crippen LogP) is 1.92. The summed E-state index contributed by atoms with van der Waals surface area (Å²) < 4.78 is 4.58. The highest BCUT2D eigenvalue weighted by Gasteiger charge is 2.18. The summed E-state index contributed by atoms with van der Waals surface area (Å²) in [7, 11) is 1.52. The Bertz CT molecular complexity index is 950. The van der Waals surface area contributed by atoms with E-state index in [9.17, 15) is 9.59 Å². The van der Waals surface area contributed by atoms with Crippen LogP contribution in [0.3, 0.4) is 0 Å². The molecule has 3 rings (SSSR count). The second-order valence-corrected chi connectivity index (χ2v) is 5.80. The molecule has 2 heterocycles. The number of hydrogen-bond acceptors (Lipinski definition) is 3. The van der Waals surface area contributed by atoms with Crippen molar-refractivity contribution in [3.63, 3.8) is 0 Å². The molecule has 0 aliphatic rings. The quantitative estimate of drug-likeness (QED) is 0.739. The van der Waals surface area contributed by atoms with Gasteiger partial charge in [0.15, 0.2) is 11.2 Å². The molecule has 0 amide bonds. The van der Waals surface area contributed by atoms with Crippen LogP contribution in [0, 0.1) is 0 Å². The molecule has 0 saturated carbocycles. The normalized spacial score (nSPS) is 12.7. The zero-order valence-electron chi connectivity index (χ0n) is 13.6. The average Bonchev–Trinajstić information content (AvgIpc) is 2.97. The minimum absolute atomic E-state index is 0.0168. The first kappa shape index (κ1) is 15.3. The average molecular weight is 312 g/mol. The van der Waals surface area contributed by atoms with Gasteiger partial charge < -0.3 is 4.57 Å². The molecule has 1 unspecified atom stereocenters. The Morgan fingerprint density at radius 2 is 1.87 bits per heavy atom. The topological polar surface area (TPSA) is 61.8 Å². The molecular weight excluding hydrogens is 292 g/mol. The lowest BCUT2D eigenvalue weighted by molar-refractivity contribution is 0.499. The van der Waals surface area contributed by atoms with Crippen LogP contribution >= 0.6 is 0 Å². The lowest BCUT2D eigenvalue weighted by Crippen LogP contribution is -2.39. The van der Waals surface area contributed by atoms with Gasteiger partial charge in [0.25, 0.3) is 5.56 Å². The molecule has 0 aliphatic heterocycles. The van der Waals surface area contributed by atoms with E-state index in [1.165, 1.54) is 7.05 Å². The van der Waals surface area contributed by atoms with Crippen molar-refractivity contribution in [2.75, 3.05) is 0 Å². The Morgan fingerprint density at radius 3 is 2.52 bits per heavy atom. The maximum atomic E-state index is 12.6. The first-order chi connectivity index (χ1) is 11.0. The van der Waals surface area contributed by atoms with Crippen molar-refractivity contribution in [3.05, 3.63) is 63.1 Å². The van der Waals surface area contributed by atoms with Gasteiger partial charge in [-0.1, -0.05) is 37.3 Å². The molecular formula is C17H20N4O2. The van der Waals surface area contributed by atoms with Crippen molar-refractivity contribution >= 4 is 11.2 Å². The van der Waals surface area contributed by atoms with Crippen molar-refractivity contribution in [1.29, 1.82) is 0 Å². The van der Waals surface area contributed by atoms with Crippen LogP contribution in [0.1, 0.15) is 31.9 Å². The van der Waals surface area contributed by atoms with E-state index in [-0.39, 0.29) is 17.3 Å². The van der Waals surface area contributed by atoms with Crippen LogP contribution in [0.15, 0.2) is 46.2 Å². The minimum atomic E-state index is -0.318. The van der Waals surface area contributed by atoms with Gasteiger partial charge in [-0.05, 0) is 18.9 Å². The summed E-state index contributed by atoms with van der Waals surface area (Å²) in [5.74, 6) is 0. The number of rotatable bonds is 4. The molecule has 2 aromatic heterocycles. The van der Waals surface area contributed by atoms with E-state index in [1.807, 2.05) is 48.7 Å². The fraction of sp³-hybridized carbons (Fsp3) is 0.353. The molecule has 1 aromatic carbocycles. The molecule has 6 heteroatoms. The van der Waals surface area contributed by atoms with E-state index >= 15 is 0 Å². The van der Waals surface area contributed by atoms with Gasteiger partial charge in [-0.3, -0.25) is 13.9 Å². The SMILES string of the molecule is CCC(C)n1c(=O)n(C)c(=O)c2c1ncn2Cc1ccccc1. The van der Waals surface area contributed by atoms with Gasteiger partial charge in [-0.15, -0.1) is 0 Å². The smallest absolute Gasteiger partial charge is 0.320 e. The molecule has 0 saturated heterocycles. The Morgan fingerprint density at radius 1 is 1.17 bits per heavy atom. The maximum Gasteiger partial charge on any atom is 0.332 e. The minimum Gasteiger partial charge on any atom is -0.320 e. The summed E-state index contributed by atoms with van der Waals surface area (Å²) in [4.78, 5) is 29.4. The summed E-state index contributed by atoms with van der Waals surface area (Å²) in [5.41, 5.74) is 1.38. The van der Waals surface area contributed by atoms with Crippen molar-refractivity contribution in [3.8, 4) is 0 Å². The second-order valence-electron chi connectivity index (χ2n) is 5.80. The fourth-order valence-electron chi connectivity index (χ4n) is 2.74. The molecule has 0 aliphatic carbocycles. The van der Waals surface area contributed by atoms with E-state index in [1.54, 1.807) is 10.9 Å². The van der Waals surface area contributed by atoms with Crippen molar-refractivity contribution < 1.29 is 0 Å². The van der Waals surface area contributed by atoms with Gasteiger partial charge in [0, 0.05) is 19.6 Å². The Labute approximate surface area is 133 Å². The van der Waals surface area contributed by atoms with Crippen molar-refractivity contribution in [2.45, 2.75) is 32.9 Å². The zero-order valence-corrected chi connectivity index (χ0v) is 13.6. The fourth-order valence-corrected chi connectivity index (χ4v) is 2.74. The third kappa shape index (κ3) is 2.50. The summed E-state index contributed by atoms with van der Waals surface area (Å²) in [5, 5.41) is 0. The van der Waals surface area contributed by atoms with Crippen LogP contribution in [-0.4, -0.2) is 18.7 Å². The molecule has 0 radical (unpaired) electrons. The van der Waals surface area contributed by atoms with Gasteiger partial charge in [-0.25, -0.2) is 9.78 Å². The third-order valence-corrected chi connectivity index (χ3v) is 4.27. The molecule has 0 fully saturated rings. The monoisotopic (exact) mass is 312 g/mol. The van der Waals surface area contributed by atoms with Crippen LogP contribution in [0.5, 0.6) is 0 Å². The molecule has 6 nitrogen and oxygen atoms in total. The van der Waals surface area contributed by atoms with Crippen molar-refractivity contribution in [2.24, 2.45) is 7.05 Å². The van der Waals surface area contributed by atoms with Crippen LogP contribution in [0.4, 0.5) is 0 Å². The Hall–Kier alpha value is -2.63. The molecule has 0 bridgehead atoms. The van der Waals surface area contributed by atoms with E-state index in [0.29, 0.717) is 17.7 Å². The van der Waals surface area contributed by atoms with Gasteiger partial charge in [-0.2, -0.15) is 0 Å². The summed E-state index contributed by atoms with van der Waals surface area (Å²) in [6.45, 7) is 4.52. The Kier molecular flexibility index (Phi) is 3.90. The van der Waals surface area contributed by atoms with Crippen LogP contribution in [-0.2, 0) is 13.6 Å². The second kappa shape index (κ2) is 5.87. The molecule has 0 spiro atoms. The first-order valence-corrected chi connectivity index (χ1v) is 7.74. The number of fused-ring (bicyclic) bond motifs is 1. The summed E-state index contributed by atoms with van der Waals surface area (Å²) >= 11 is 0. The number of aromatic nitrogens is 4. The number of hydrogen-bond donors (Lipinski definition) is 0. The van der Waals surface area contributed by atoms with Crippen molar-refractivity contribution in [1.82, 2.24) is 18.7 Å². The molecule has 0 N–H and O–H groups in total. The van der Waals surface area contributed by atoms with Crippen LogP contribution in [0.25, 0.3) is 11.2 Å². The van der Waals surface area contributed by atoms with Gasteiger partial charge in [0.1, 0.15) is 0 Å². The predicted molar refractivity (Wildman–Crippen MR) is 89.8 cm³/mol.